The van der Waals surface area contributed by atoms with E-state index in [-0.39, 0.29) is 0 Å². The van der Waals surface area contributed by atoms with Crippen molar-refractivity contribution in [3.05, 3.63) is 11.6 Å². The molecule has 1 atom stereocenters. The van der Waals surface area contributed by atoms with Crippen LogP contribution in [0.25, 0.3) is 0 Å². The van der Waals surface area contributed by atoms with Gasteiger partial charge in [-0.3, -0.25) is 4.90 Å². The Kier molecular flexibility index (Phi) is 7.47. The predicted molar refractivity (Wildman–Crippen MR) is 92.4 cm³/mol. The van der Waals surface area contributed by atoms with Gasteiger partial charge in [0.1, 0.15) is 0 Å². The number of aromatic nitrogens is 1. The first-order valence-electron chi connectivity index (χ1n) is 8.39. The van der Waals surface area contributed by atoms with Gasteiger partial charge in [0.15, 0.2) is 5.13 Å². The summed E-state index contributed by atoms with van der Waals surface area (Å²) in [5.41, 5.74) is 0. The summed E-state index contributed by atoms with van der Waals surface area (Å²) in [7, 11) is 0. The van der Waals surface area contributed by atoms with Crippen LogP contribution in [0.4, 0.5) is 5.13 Å². The number of nitrogens with zero attached hydrogens (tertiary/aromatic N) is 3. The third-order valence-electron chi connectivity index (χ3n) is 4.22. The second-order valence-corrected chi connectivity index (χ2v) is 6.87. The molecular weight excluding hydrogens is 280 g/mol. The maximum atomic E-state index is 4.40. The van der Waals surface area contributed by atoms with Crippen molar-refractivity contribution in [1.29, 1.82) is 0 Å². The average Bonchev–Trinajstić information content (AvgIpc) is 3.02. The first kappa shape index (κ1) is 16.7. The van der Waals surface area contributed by atoms with Gasteiger partial charge in [-0.25, -0.2) is 4.98 Å². The molecule has 1 aromatic heterocycles. The highest BCUT2D eigenvalue weighted by Crippen LogP contribution is 2.18. The van der Waals surface area contributed by atoms with E-state index < -0.39 is 0 Å². The van der Waals surface area contributed by atoms with E-state index in [1.54, 1.807) is 11.3 Å². The number of rotatable bonds is 9. The molecule has 0 bridgehead atoms. The molecule has 2 heterocycles. The fraction of sp³-hybridized carbons (Fsp3) is 0.812. The highest BCUT2D eigenvalue weighted by Gasteiger charge is 2.18. The summed E-state index contributed by atoms with van der Waals surface area (Å²) < 4.78 is 0. The van der Waals surface area contributed by atoms with Gasteiger partial charge in [0.25, 0.3) is 0 Å². The molecule has 1 aromatic rings. The summed E-state index contributed by atoms with van der Waals surface area (Å²) in [5, 5.41) is 6.90. The van der Waals surface area contributed by atoms with E-state index in [4.69, 9.17) is 0 Å². The number of piperazine rings is 1. The molecule has 5 heteroatoms. The van der Waals surface area contributed by atoms with Crippen LogP contribution < -0.4 is 10.2 Å². The van der Waals surface area contributed by atoms with Crippen molar-refractivity contribution >= 4 is 16.5 Å². The fourth-order valence-electron chi connectivity index (χ4n) is 2.81. The highest BCUT2D eigenvalue weighted by molar-refractivity contribution is 7.13. The second-order valence-electron chi connectivity index (χ2n) is 5.99. The smallest absolute Gasteiger partial charge is 0.185 e. The number of hydrogen-bond acceptors (Lipinski definition) is 5. The molecule has 1 aliphatic rings. The van der Waals surface area contributed by atoms with Crippen molar-refractivity contribution in [3.8, 4) is 0 Å². The van der Waals surface area contributed by atoms with Crippen LogP contribution in [0.1, 0.15) is 39.5 Å². The summed E-state index contributed by atoms with van der Waals surface area (Å²) in [4.78, 5) is 9.37. The van der Waals surface area contributed by atoms with Gasteiger partial charge in [0, 0.05) is 56.9 Å². The first-order chi connectivity index (χ1) is 10.3. The van der Waals surface area contributed by atoms with Gasteiger partial charge in [0.05, 0.1) is 0 Å². The van der Waals surface area contributed by atoms with Gasteiger partial charge >= 0.3 is 0 Å². The minimum absolute atomic E-state index is 0.660. The molecule has 0 aliphatic carbocycles. The lowest BCUT2D eigenvalue weighted by Crippen LogP contribution is -2.48. The third kappa shape index (κ3) is 5.93. The van der Waals surface area contributed by atoms with E-state index in [1.807, 2.05) is 6.20 Å². The fourth-order valence-corrected chi connectivity index (χ4v) is 3.50. The molecule has 4 nitrogen and oxygen atoms in total. The molecule has 21 heavy (non-hydrogen) atoms. The summed E-state index contributed by atoms with van der Waals surface area (Å²) in [6.45, 7) is 11.4. The Labute approximate surface area is 133 Å². The largest absolute Gasteiger partial charge is 0.346 e. The van der Waals surface area contributed by atoms with E-state index >= 15 is 0 Å². The Morgan fingerprint density at radius 1 is 1.29 bits per heavy atom. The standard InChI is InChI=1S/C16H30N4S/c1-3-4-5-6-15(2)17-7-9-19-10-12-20(13-11-19)16-18-8-14-21-16/h8,14-15,17H,3-7,9-13H2,1-2H3. The molecule has 0 aromatic carbocycles. The van der Waals surface area contributed by atoms with Crippen molar-refractivity contribution in [2.45, 2.75) is 45.6 Å². The van der Waals surface area contributed by atoms with Crippen molar-refractivity contribution in [1.82, 2.24) is 15.2 Å². The third-order valence-corrected chi connectivity index (χ3v) is 5.06. The van der Waals surface area contributed by atoms with Crippen molar-refractivity contribution in [2.24, 2.45) is 0 Å². The minimum atomic E-state index is 0.660. The van der Waals surface area contributed by atoms with Crippen LogP contribution in [0.15, 0.2) is 11.6 Å². The zero-order valence-corrected chi connectivity index (χ0v) is 14.4. The van der Waals surface area contributed by atoms with E-state index in [0.717, 1.165) is 32.7 Å². The highest BCUT2D eigenvalue weighted by atomic mass is 32.1. The van der Waals surface area contributed by atoms with Crippen LogP contribution in [-0.2, 0) is 0 Å². The van der Waals surface area contributed by atoms with Crippen LogP contribution in [0.3, 0.4) is 0 Å². The van der Waals surface area contributed by atoms with Gasteiger partial charge in [0.2, 0.25) is 0 Å². The molecule has 1 N–H and O–H groups in total. The van der Waals surface area contributed by atoms with E-state index in [1.165, 1.54) is 37.4 Å². The molecule has 0 saturated carbocycles. The maximum Gasteiger partial charge on any atom is 0.185 e. The zero-order chi connectivity index (χ0) is 14.9. The van der Waals surface area contributed by atoms with E-state index in [9.17, 15) is 0 Å². The molecular formula is C16H30N4S. The molecule has 1 unspecified atom stereocenters. The second kappa shape index (κ2) is 9.38. The number of thiazole rings is 1. The number of anilines is 1. The Hall–Kier alpha value is -0.650. The molecule has 1 saturated heterocycles. The van der Waals surface area contributed by atoms with E-state index in [0.29, 0.717) is 6.04 Å². The van der Waals surface area contributed by atoms with Crippen molar-refractivity contribution in [3.63, 3.8) is 0 Å². The van der Waals surface area contributed by atoms with Crippen molar-refractivity contribution in [2.75, 3.05) is 44.2 Å². The molecule has 0 spiro atoms. The number of nitrogens with one attached hydrogen (secondary N) is 1. The van der Waals surface area contributed by atoms with Crippen LogP contribution in [0.2, 0.25) is 0 Å². The number of hydrogen-bond donors (Lipinski definition) is 1. The molecule has 0 radical (unpaired) electrons. The lowest BCUT2D eigenvalue weighted by Gasteiger charge is -2.34. The molecule has 1 aliphatic heterocycles. The minimum Gasteiger partial charge on any atom is -0.346 e. The SMILES string of the molecule is CCCCCC(C)NCCN1CCN(c2nccs2)CC1. The van der Waals surface area contributed by atoms with Crippen LogP contribution in [0, 0.1) is 0 Å². The number of unbranched alkanes of at least 4 members (excludes halogenated alkanes) is 2. The van der Waals surface area contributed by atoms with Crippen molar-refractivity contribution < 1.29 is 0 Å². The van der Waals surface area contributed by atoms with Gasteiger partial charge < -0.3 is 10.2 Å². The average molecular weight is 311 g/mol. The Morgan fingerprint density at radius 2 is 2.10 bits per heavy atom. The first-order valence-corrected chi connectivity index (χ1v) is 9.27. The van der Waals surface area contributed by atoms with Gasteiger partial charge in [-0.1, -0.05) is 26.2 Å². The van der Waals surface area contributed by atoms with E-state index in [2.05, 4.69) is 39.3 Å². The maximum absolute atomic E-state index is 4.40. The Bertz CT molecular complexity index is 360. The van der Waals surface area contributed by atoms with Gasteiger partial charge in [-0.2, -0.15) is 0 Å². The molecule has 1 fully saturated rings. The van der Waals surface area contributed by atoms with Gasteiger partial charge in [-0.05, 0) is 13.3 Å². The normalized spacial score (nSPS) is 18.1. The molecule has 120 valence electrons. The summed E-state index contributed by atoms with van der Waals surface area (Å²) in [5.74, 6) is 0. The quantitative estimate of drug-likeness (QED) is 0.711. The zero-order valence-electron chi connectivity index (χ0n) is 13.6. The predicted octanol–water partition coefficient (Wildman–Crippen LogP) is 2.82. The topological polar surface area (TPSA) is 31.4 Å². The molecule has 2 rings (SSSR count). The summed E-state index contributed by atoms with van der Waals surface area (Å²) in [6, 6.07) is 0.660. The summed E-state index contributed by atoms with van der Waals surface area (Å²) in [6.07, 6.45) is 7.25. The monoisotopic (exact) mass is 310 g/mol. The lowest BCUT2D eigenvalue weighted by atomic mass is 10.1. The Morgan fingerprint density at radius 3 is 2.76 bits per heavy atom. The van der Waals surface area contributed by atoms with Gasteiger partial charge in [-0.15, -0.1) is 11.3 Å². The van der Waals surface area contributed by atoms with Crippen LogP contribution in [0.5, 0.6) is 0 Å². The van der Waals surface area contributed by atoms with Crippen LogP contribution in [-0.4, -0.2) is 55.2 Å². The lowest BCUT2D eigenvalue weighted by molar-refractivity contribution is 0.253. The molecule has 0 amide bonds. The summed E-state index contributed by atoms with van der Waals surface area (Å²) >= 11 is 1.75. The van der Waals surface area contributed by atoms with Crippen LogP contribution >= 0.6 is 11.3 Å². The Balaban J connectivity index is 1.55.